The summed E-state index contributed by atoms with van der Waals surface area (Å²) in [6.07, 6.45) is 2.94. The minimum absolute atomic E-state index is 0.231. The highest BCUT2D eigenvalue weighted by Crippen LogP contribution is 2.18. The molecule has 1 N–H and O–H groups in total. The van der Waals surface area contributed by atoms with E-state index in [1.165, 1.54) is 12.4 Å². The van der Waals surface area contributed by atoms with Gasteiger partial charge in [0.2, 0.25) is 0 Å². The maximum atomic E-state index is 13.6. The largest absolute Gasteiger partial charge is 0.313 e. The first-order chi connectivity index (χ1) is 8.27. The number of nitrogens with zero attached hydrogens (tertiary/aromatic N) is 2. The van der Waals surface area contributed by atoms with Gasteiger partial charge in [-0.3, -0.25) is 9.36 Å². The predicted molar refractivity (Wildman–Crippen MR) is 61.6 cm³/mol. The van der Waals surface area contributed by atoms with Gasteiger partial charge in [0.25, 0.3) is 5.56 Å². The molecule has 3 aromatic rings. The monoisotopic (exact) mass is 229 g/mol. The van der Waals surface area contributed by atoms with Crippen molar-refractivity contribution < 1.29 is 4.39 Å². The molecule has 1 aromatic carbocycles. The van der Waals surface area contributed by atoms with Crippen LogP contribution in [0, 0.1) is 5.82 Å². The molecule has 3 rings (SSSR count). The van der Waals surface area contributed by atoms with E-state index in [4.69, 9.17) is 0 Å². The Morgan fingerprint density at radius 3 is 2.88 bits per heavy atom. The van der Waals surface area contributed by atoms with Crippen LogP contribution in [0.4, 0.5) is 4.39 Å². The molecule has 17 heavy (non-hydrogen) atoms. The molecular formula is C12H8FN3O. The Balaban J connectivity index is 2.36. The molecular weight excluding hydrogens is 221 g/mol. The van der Waals surface area contributed by atoms with Crippen LogP contribution in [0.3, 0.4) is 0 Å². The number of hydrogen-bond acceptors (Lipinski definition) is 2. The topological polar surface area (TPSA) is 50.7 Å². The zero-order valence-corrected chi connectivity index (χ0v) is 8.72. The molecule has 2 aromatic heterocycles. The number of nitrogens with one attached hydrogen (secondary N) is 1. The molecule has 2 heterocycles. The molecule has 0 bridgehead atoms. The number of hydrogen-bond donors (Lipinski definition) is 1. The predicted octanol–water partition coefficient (Wildman–Crippen LogP) is 1.85. The van der Waals surface area contributed by atoms with Gasteiger partial charge in [-0.25, -0.2) is 9.37 Å². The second-order valence-corrected chi connectivity index (χ2v) is 3.61. The van der Waals surface area contributed by atoms with Crippen LogP contribution < -0.4 is 5.56 Å². The molecule has 0 atom stereocenters. The van der Waals surface area contributed by atoms with E-state index >= 15 is 0 Å². The van der Waals surface area contributed by atoms with Crippen molar-refractivity contribution in [1.82, 2.24) is 14.5 Å². The minimum Gasteiger partial charge on any atom is -0.313 e. The standard InChI is InChI=1S/C12H8FN3O/c13-9-3-1-2-4-10(9)16-6-5-8-11(16)14-7-15-12(8)17/h1-7H,(H,14,15,17). The molecule has 0 saturated carbocycles. The summed E-state index contributed by atoms with van der Waals surface area (Å²) < 4.78 is 15.2. The first-order valence-electron chi connectivity index (χ1n) is 5.07. The Morgan fingerprint density at radius 2 is 2.06 bits per heavy atom. The van der Waals surface area contributed by atoms with Crippen molar-refractivity contribution in [3.63, 3.8) is 0 Å². The van der Waals surface area contributed by atoms with Crippen molar-refractivity contribution in [3.05, 3.63) is 59.0 Å². The average molecular weight is 229 g/mol. The summed E-state index contributed by atoms with van der Waals surface area (Å²) in [5, 5.41) is 0.441. The molecule has 0 radical (unpaired) electrons. The molecule has 0 amide bonds. The van der Waals surface area contributed by atoms with Crippen LogP contribution in [0.15, 0.2) is 47.7 Å². The van der Waals surface area contributed by atoms with Crippen LogP contribution in [0.25, 0.3) is 16.7 Å². The van der Waals surface area contributed by atoms with Gasteiger partial charge in [0.15, 0.2) is 5.65 Å². The van der Waals surface area contributed by atoms with E-state index < -0.39 is 0 Å². The zero-order chi connectivity index (χ0) is 11.8. The third-order valence-corrected chi connectivity index (χ3v) is 2.60. The van der Waals surface area contributed by atoms with Crippen molar-refractivity contribution in [2.45, 2.75) is 0 Å². The number of aromatic amines is 1. The molecule has 0 spiro atoms. The summed E-state index contributed by atoms with van der Waals surface area (Å²) in [6.45, 7) is 0. The van der Waals surface area contributed by atoms with E-state index in [2.05, 4.69) is 9.97 Å². The lowest BCUT2D eigenvalue weighted by Gasteiger charge is -2.04. The van der Waals surface area contributed by atoms with Gasteiger partial charge in [-0.2, -0.15) is 0 Å². The Hall–Kier alpha value is -2.43. The molecule has 5 heteroatoms. The lowest BCUT2D eigenvalue weighted by molar-refractivity contribution is 0.619. The van der Waals surface area contributed by atoms with Crippen molar-refractivity contribution in [3.8, 4) is 5.69 Å². The Morgan fingerprint density at radius 1 is 1.24 bits per heavy atom. The van der Waals surface area contributed by atoms with Crippen molar-refractivity contribution in [2.75, 3.05) is 0 Å². The number of rotatable bonds is 1. The number of H-pyrrole nitrogens is 1. The number of fused-ring (bicyclic) bond motifs is 1. The van der Waals surface area contributed by atoms with E-state index in [1.54, 1.807) is 35.0 Å². The van der Waals surface area contributed by atoms with Crippen LogP contribution in [-0.4, -0.2) is 14.5 Å². The van der Waals surface area contributed by atoms with E-state index in [9.17, 15) is 9.18 Å². The van der Waals surface area contributed by atoms with Crippen LogP contribution in [0.2, 0.25) is 0 Å². The van der Waals surface area contributed by atoms with Crippen molar-refractivity contribution in [1.29, 1.82) is 0 Å². The normalized spacial score (nSPS) is 10.9. The van der Waals surface area contributed by atoms with Crippen molar-refractivity contribution >= 4 is 11.0 Å². The van der Waals surface area contributed by atoms with Gasteiger partial charge in [0.1, 0.15) is 5.82 Å². The van der Waals surface area contributed by atoms with Gasteiger partial charge in [-0.15, -0.1) is 0 Å². The van der Waals surface area contributed by atoms with Gasteiger partial charge in [-0.1, -0.05) is 12.1 Å². The maximum absolute atomic E-state index is 13.6. The summed E-state index contributed by atoms with van der Waals surface area (Å²) in [5.41, 5.74) is 0.588. The first kappa shape index (κ1) is 9.77. The summed E-state index contributed by atoms with van der Waals surface area (Å²) in [5.74, 6) is -0.355. The number of aromatic nitrogens is 3. The molecule has 0 saturated heterocycles. The third-order valence-electron chi connectivity index (χ3n) is 2.60. The fourth-order valence-electron chi connectivity index (χ4n) is 1.80. The van der Waals surface area contributed by atoms with Crippen LogP contribution in [0.1, 0.15) is 0 Å². The average Bonchev–Trinajstić information content (AvgIpc) is 2.75. The molecule has 0 aliphatic rings. The molecule has 4 nitrogen and oxygen atoms in total. The Labute approximate surface area is 95.4 Å². The lowest BCUT2D eigenvalue weighted by Crippen LogP contribution is -2.06. The van der Waals surface area contributed by atoms with Gasteiger partial charge in [-0.05, 0) is 18.2 Å². The lowest BCUT2D eigenvalue weighted by atomic mass is 10.3. The molecule has 84 valence electrons. The van der Waals surface area contributed by atoms with Crippen LogP contribution in [-0.2, 0) is 0 Å². The maximum Gasteiger partial charge on any atom is 0.260 e. The highest BCUT2D eigenvalue weighted by molar-refractivity contribution is 5.76. The van der Waals surface area contributed by atoms with Crippen molar-refractivity contribution in [2.24, 2.45) is 0 Å². The number of halogens is 1. The summed E-state index contributed by atoms with van der Waals surface area (Å²) in [4.78, 5) is 18.0. The fraction of sp³-hybridized carbons (Fsp3) is 0. The zero-order valence-electron chi connectivity index (χ0n) is 8.72. The quantitative estimate of drug-likeness (QED) is 0.692. The van der Waals surface area contributed by atoms with Gasteiger partial charge in [0, 0.05) is 6.20 Å². The second-order valence-electron chi connectivity index (χ2n) is 3.61. The highest BCUT2D eigenvalue weighted by Gasteiger charge is 2.09. The molecule has 0 fully saturated rings. The summed E-state index contributed by atoms with van der Waals surface area (Å²) >= 11 is 0. The van der Waals surface area contributed by atoms with Gasteiger partial charge in [0.05, 0.1) is 17.4 Å². The van der Waals surface area contributed by atoms with E-state index in [-0.39, 0.29) is 11.4 Å². The second kappa shape index (κ2) is 3.55. The van der Waals surface area contributed by atoms with Crippen LogP contribution in [0.5, 0.6) is 0 Å². The summed E-state index contributed by atoms with van der Waals surface area (Å²) in [6, 6.07) is 7.97. The summed E-state index contributed by atoms with van der Waals surface area (Å²) in [7, 11) is 0. The van der Waals surface area contributed by atoms with E-state index in [1.807, 2.05) is 0 Å². The number of benzene rings is 1. The fourth-order valence-corrected chi connectivity index (χ4v) is 1.80. The van der Waals surface area contributed by atoms with Crippen LogP contribution >= 0.6 is 0 Å². The molecule has 0 aliphatic heterocycles. The van der Waals surface area contributed by atoms with Gasteiger partial charge < -0.3 is 4.98 Å². The highest BCUT2D eigenvalue weighted by atomic mass is 19.1. The van der Waals surface area contributed by atoms with E-state index in [0.717, 1.165) is 0 Å². The molecule has 0 aliphatic carbocycles. The van der Waals surface area contributed by atoms with Gasteiger partial charge >= 0.3 is 0 Å². The molecule has 0 unspecified atom stereocenters. The SMILES string of the molecule is O=c1[nH]cnc2c1ccn2-c1ccccc1F. The Bertz CT molecular complexity index is 745. The smallest absolute Gasteiger partial charge is 0.260 e. The Kier molecular flexibility index (Phi) is 2.04. The minimum atomic E-state index is -0.355. The first-order valence-corrected chi connectivity index (χ1v) is 5.07. The number of para-hydroxylation sites is 1. The third kappa shape index (κ3) is 1.44. The van der Waals surface area contributed by atoms with E-state index in [0.29, 0.717) is 16.7 Å².